The molecule has 1 heterocycles. The lowest BCUT2D eigenvalue weighted by Crippen LogP contribution is -2.29. The van der Waals surface area contributed by atoms with Gasteiger partial charge in [-0.05, 0) is 6.42 Å². The van der Waals surface area contributed by atoms with Crippen molar-refractivity contribution in [3.05, 3.63) is 0 Å². The van der Waals surface area contributed by atoms with Gasteiger partial charge in [0, 0.05) is 19.5 Å². The summed E-state index contributed by atoms with van der Waals surface area (Å²) < 4.78 is 0. The maximum absolute atomic E-state index is 11.5. The molecular formula is C10H19NO3. The number of aliphatic hydroxyl groups excluding tert-OH is 2. The fourth-order valence-electron chi connectivity index (χ4n) is 1.66. The van der Waals surface area contributed by atoms with Crippen LogP contribution in [0.25, 0.3) is 0 Å². The Balaban J connectivity index is 2.25. The van der Waals surface area contributed by atoms with Crippen molar-refractivity contribution in [2.24, 2.45) is 0 Å². The second kappa shape index (κ2) is 5.32. The van der Waals surface area contributed by atoms with Gasteiger partial charge in [0.2, 0.25) is 5.91 Å². The molecule has 1 rings (SSSR count). The fourth-order valence-corrected chi connectivity index (χ4v) is 1.66. The molecule has 0 aromatic carbocycles. The summed E-state index contributed by atoms with van der Waals surface area (Å²) in [5.41, 5.74) is 0. The molecule has 1 saturated heterocycles. The highest BCUT2D eigenvalue weighted by Gasteiger charge is 2.31. The second-order valence-corrected chi connectivity index (χ2v) is 3.89. The van der Waals surface area contributed by atoms with Gasteiger partial charge in [-0.3, -0.25) is 4.79 Å². The van der Waals surface area contributed by atoms with Gasteiger partial charge in [0.05, 0.1) is 12.2 Å². The predicted octanol–water partition coefficient (Wildman–Crippen LogP) is 0.131. The normalized spacial score (nSPS) is 26.9. The van der Waals surface area contributed by atoms with Crippen molar-refractivity contribution in [3.63, 3.8) is 0 Å². The number of hydrogen-bond acceptors (Lipinski definition) is 3. The predicted molar refractivity (Wildman–Crippen MR) is 52.7 cm³/mol. The van der Waals surface area contributed by atoms with Crippen LogP contribution in [0.3, 0.4) is 0 Å². The van der Waals surface area contributed by atoms with E-state index in [1.807, 2.05) is 0 Å². The van der Waals surface area contributed by atoms with Gasteiger partial charge in [-0.2, -0.15) is 0 Å². The molecule has 0 aliphatic carbocycles. The first kappa shape index (κ1) is 11.5. The number of unbranched alkanes of at least 4 members (excludes halogenated alkanes) is 2. The molecule has 2 unspecified atom stereocenters. The first-order chi connectivity index (χ1) is 6.65. The number of rotatable bonds is 4. The Kier molecular flexibility index (Phi) is 4.35. The van der Waals surface area contributed by atoms with Gasteiger partial charge >= 0.3 is 0 Å². The molecule has 4 heteroatoms. The quantitative estimate of drug-likeness (QED) is 0.636. The summed E-state index contributed by atoms with van der Waals surface area (Å²) in [6, 6.07) is 0. The molecule has 0 spiro atoms. The van der Waals surface area contributed by atoms with E-state index in [0.717, 1.165) is 19.3 Å². The Bertz CT molecular complexity index is 186. The number of β-amino-alcohol motifs (C(OH)–C–C–N with tert-alkyl or cyclic N) is 2. The number of nitrogens with zero attached hydrogens (tertiary/aromatic N) is 1. The molecule has 2 N–H and O–H groups in total. The van der Waals surface area contributed by atoms with Gasteiger partial charge < -0.3 is 15.1 Å². The summed E-state index contributed by atoms with van der Waals surface area (Å²) in [4.78, 5) is 13.1. The number of aliphatic hydroxyl groups is 2. The SMILES string of the molecule is CCCCCC(=O)N1CC(O)C(O)C1. The molecular weight excluding hydrogens is 182 g/mol. The molecule has 1 aliphatic heterocycles. The maximum atomic E-state index is 11.5. The molecule has 0 bridgehead atoms. The van der Waals surface area contributed by atoms with E-state index in [2.05, 4.69) is 6.92 Å². The van der Waals surface area contributed by atoms with Crippen LogP contribution in [0, 0.1) is 0 Å². The van der Waals surface area contributed by atoms with Crippen LogP contribution in [0.2, 0.25) is 0 Å². The molecule has 1 aliphatic rings. The highest BCUT2D eigenvalue weighted by Crippen LogP contribution is 2.12. The Morgan fingerprint density at radius 3 is 2.36 bits per heavy atom. The van der Waals surface area contributed by atoms with Crippen LogP contribution in [0.5, 0.6) is 0 Å². The minimum atomic E-state index is -0.759. The lowest BCUT2D eigenvalue weighted by Gasteiger charge is -2.14. The number of carbonyl (C=O) groups is 1. The highest BCUT2D eigenvalue weighted by atomic mass is 16.3. The molecule has 82 valence electrons. The summed E-state index contributed by atoms with van der Waals surface area (Å²) in [6.45, 7) is 2.66. The zero-order valence-electron chi connectivity index (χ0n) is 8.65. The van der Waals surface area contributed by atoms with E-state index in [0.29, 0.717) is 6.42 Å². The molecule has 1 fully saturated rings. The van der Waals surface area contributed by atoms with Crippen LogP contribution in [0.4, 0.5) is 0 Å². The van der Waals surface area contributed by atoms with Crippen molar-refractivity contribution in [3.8, 4) is 0 Å². The van der Waals surface area contributed by atoms with E-state index in [9.17, 15) is 15.0 Å². The topological polar surface area (TPSA) is 60.8 Å². The average molecular weight is 201 g/mol. The van der Waals surface area contributed by atoms with E-state index >= 15 is 0 Å². The van der Waals surface area contributed by atoms with Crippen molar-refractivity contribution in [1.29, 1.82) is 0 Å². The molecule has 4 nitrogen and oxygen atoms in total. The second-order valence-electron chi connectivity index (χ2n) is 3.89. The third-order valence-electron chi connectivity index (χ3n) is 2.61. The molecule has 0 aromatic rings. The van der Waals surface area contributed by atoms with Crippen LogP contribution >= 0.6 is 0 Å². The summed E-state index contributed by atoms with van der Waals surface area (Å²) in [5, 5.41) is 18.5. The van der Waals surface area contributed by atoms with Gasteiger partial charge in [0.15, 0.2) is 0 Å². The first-order valence-electron chi connectivity index (χ1n) is 5.29. The number of carbonyl (C=O) groups excluding carboxylic acids is 1. The molecule has 0 saturated carbocycles. The van der Waals surface area contributed by atoms with Crippen LogP contribution in [-0.4, -0.2) is 46.3 Å². The molecule has 2 atom stereocenters. The van der Waals surface area contributed by atoms with Crippen molar-refractivity contribution < 1.29 is 15.0 Å². The van der Waals surface area contributed by atoms with Gasteiger partial charge in [0.1, 0.15) is 0 Å². The first-order valence-corrected chi connectivity index (χ1v) is 5.29. The van der Waals surface area contributed by atoms with Crippen LogP contribution < -0.4 is 0 Å². The largest absolute Gasteiger partial charge is 0.388 e. The smallest absolute Gasteiger partial charge is 0.222 e. The summed E-state index contributed by atoms with van der Waals surface area (Å²) in [6.07, 6.45) is 2.07. The third kappa shape index (κ3) is 2.96. The summed E-state index contributed by atoms with van der Waals surface area (Å²) in [5.74, 6) is 0.0500. The van der Waals surface area contributed by atoms with E-state index in [4.69, 9.17) is 0 Å². The number of amides is 1. The van der Waals surface area contributed by atoms with E-state index < -0.39 is 12.2 Å². The van der Waals surface area contributed by atoms with Gasteiger partial charge in [-0.15, -0.1) is 0 Å². The van der Waals surface area contributed by atoms with Crippen LogP contribution in [-0.2, 0) is 4.79 Å². The number of likely N-dealkylation sites (tertiary alicyclic amines) is 1. The molecule has 1 amide bonds. The average Bonchev–Trinajstić information content (AvgIpc) is 2.47. The van der Waals surface area contributed by atoms with Crippen molar-refractivity contribution >= 4 is 5.91 Å². The zero-order valence-corrected chi connectivity index (χ0v) is 8.65. The van der Waals surface area contributed by atoms with Crippen LogP contribution in [0.15, 0.2) is 0 Å². The molecule has 14 heavy (non-hydrogen) atoms. The summed E-state index contributed by atoms with van der Waals surface area (Å²) >= 11 is 0. The van der Waals surface area contributed by atoms with Gasteiger partial charge in [0.25, 0.3) is 0 Å². The Morgan fingerprint density at radius 2 is 1.86 bits per heavy atom. The van der Waals surface area contributed by atoms with Gasteiger partial charge in [-0.25, -0.2) is 0 Å². The minimum Gasteiger partial charge on any atom is -0.388 e. The highest BCUT2D eigenvalue weighted by molar-refractivity contribution is 5.76. The Labute approximate surface area is 84.5 Å². The third-order valence-corrected chi connectivity index (χ3v) is 2.61. The van der Waals surface area contributed by atoms with E-state index in [1.54, 1.807) is 4.90 Å². The van der Waals surface area contributed by atoms with Crippen LogP contribution in [0.1, 0.15) is 32.6 Å². The lowest BCUT2D eigenvalue weighted by atomic mass is 10.2. The Morgan fingerprint density at radius 1 is 1.29 bits per heavy atom. The summed E-state index contributed by atoms with van der Waals surface area (Å²) in [7, 11) is 0. The van der Waals surface area contributed by atoms with Crippen molar-refractivity contribution in [2.75, 3.05) is 13.1 Å². The van der Waals surface area contributed by atoms with Crippen molar-refractivity contribution in [1.82, 2.24) is 4.90 Å². The molecule has 0 radical (unpaired) electrons. The molecule has 0 aromatic heterocycles. The minimum absolute atomic E-state index is 0.0500. The fraction of sp³-hybridized carbons (Fsp3) is 0.900. The van der Waals surface area contributed by atoms with Crippen molar-refractivity contribution in [2.45, 2.75) is 44.8 Å². The maximum Gasteiger partial charge on any atom is 0.222 e. The zero-order chi connectivity index (χ0) is 10.6. The monoisotopic (exact) mass is 201 g/mol. The van der Waals surface area contributed by atoms with E-state index in [-0.39, 0.29) is 19.0 Å². The standard InChI is InChI=1S/C10H19NO3/c1-2-3-4-5-10(14)11-6-8(12)9(13)7-11/h8-9,12-13H,2-7H2,1H3. The number of hydrogen-bond donors (Lipinski definition) is 2. The Hall–Kier alpha value is -0.610. The lowest BCUT2D eigenvalue weighted by molar-refractivity contribution is -0.130. The van der Waals surface area contributed by atoms with Gasteiger partial charge in [-0.1, -0.05) is 19.8 Å². The van der Waals surface area contributed by atoms with E-state index in [1.165, 1.54) is 0 Å².